The number of piperidine rings is 1. The van der Waals surface area contributed by atoms with Crippen LogP contribution in [-0.2, 0) is 24.3 Å². The van der Waals surface area contributed by atoms with Gasteiger partial charge in [-0.15, -0.1) is 0 Å². The average Bonchev–Trinajstić information content (AvgIpc) is 3.50. The molecule has 0 aromatic heterocycles. The van der Waals surface area contributed by atoms with Gasteiger partial charge in [0.05, 0.1) is 42.6 Å². The van der Waals surface area contributed by atoms with E-state index in [2.05, 4.69) is 25.2 Å². The van der Waals surface area contributed by atoms with Crippen LogP contribution in [-0.4, -0.2) is 102 Å². The summed E-state index contributed by atoms with van der Waals surface area (Å²) in [6.45, 7) is 2.42. The summed E-state index contributed by atoms with van der Waals surface area (Å²) in [6.07, 6.45) is 3.35. The highest BCUT2D eigenvalue weighted by Crippen LogP contribution is 2.36. The SMILES string of the molecule is COCC1=C(C(=O)OC)[C@H](c2ccc(F)c(F)c2)N(C(=O)NC2CCN(C3CCN(c4ccccc4NS(C)(=O)=O)CC3)C2)C(=O)N1. The number of methoxy groups -OCH3 is 2. The molecule has 0 spiro atoms. The Labute approximate surface area is 271 Å². The van der Waals surface area contributed by atoms with E-state index in [4.69, 9.17) is 9.47 Å². The van der Waals surface area contributed by atoms with E-state index >= 15 is 0 Å². The number of carbonyl (C=O) groups excluding carboxylic acids is 3. The molecular weight excluding hydrogens is 638 g/mol. The number of imide groups is 1. The van der Waals surface area contributed by atoms with E-state index in [1.165, 1.54) is 13.2 Å². The molecule has 16 heteroatoms. The third-order valence-electron chi connectivity index (χ3n) is 8.57. The van der Waals surface area contributed by atoms with Crippen molar-refractivity contribution in [2.75, 3.05) is 62.9 Å². The Morgan fingerprint density at radius 2 is 1.74 bits per heavy atom. The van der Waals surface area contributed by atoms with E-state index < -0.39 is 45.7 Å². The molecule has 3 heterocycles. The number of nitrogens with one attached hydrogen (secondary N) is 3. The fourth-order valence-electron chi connectivity index (χ4n) is 6.47. The van der Waals surface area contributed by atoms with Crippen LogP contribution in [0.15, 0.2) is 53.7 Å². The molecule has 2 aromatic rings. The zero-order chi connectivity index (χ0) is 33.9. The van der Waals surface area contributed by atoms with Gasteiger partial charge in [0.15, 0.2) is 11.6 Å². The van der Waals surface area contributed by atoms with Crippen LogP contribution >= 0.6 is 0 Å². The number of likely N-dealkylation sites (tertiary alicyclic amines) is 1. The summed E-state index contributed by atoms with van der Waals surface area (Å²) in [7, 11) is -0.955. The number of sulfonamides is 1. The number of esters is 1. The highest BCUT2D eigenvalue weighted by molar-refractivity contribution is 7.92. The number of halogens is 2. The molecule has 2 saturated heterocycles. The van der Waals surface area contributed by atoms with E-state index in [0.717, 1.165) is 48.9 Å². The van der Waals surface area contributed by atoms with Gasteiger partial charge in [-0.2, -0.15) is 0 Å². The van der Waals surface area contributed by atoms with Gasteiger partial charge in [-0.25, -0.2) is 36.5 Å². The largest absolute Gasteiger partial charge is 0.466 e. The molecule has 4 amide bonds. The number of ether oxygens (including phenoxy) is 2. The summed E-state index contributed by atoms with van der Waals surface area (Å²) in [5, 5.41) is 5.41. The van der Waals surface area contributed by atoms with Gasteiger partial charge < -0.3 is 25.0 Å². The minimum absolute atomic E-state index is 0.00368. The van der Waals surface area contributed by atoms with Gasteiger partial charge in [-0.3, -0.25) is 9.62 Å². The molecule has 3 aliphatic rings. The van der Waals surface area contributed by atoms with Crippen molar-refractivity contribution in [2.45, 2.75) is 37.4 Å². The monoisotopic (exact) mass is 676 g/mol. The van der Waals surface area contributed by atoms with Crippen LogP contribution in [0.25, 0.3) is 0 Å². The molecule has 3 N–H and O–H groups in total. The molecule has 1 unspecified atom stereocenters. The van der Waals surface area contributed by atoms with E-state index in [1.807, 2.05) is 12.1 Å². The Morgan fingerprint density at radius 3 is 2.40 bits per heavy atom. The molecule has 5 rings (SSSR count). The molecule has 2 aromatic carbocycles. The smallest absolute Gasteiger partial charge is 0.338 e. The third-order valence-corrected chi connectivity index (χ3v) is 9.16. The fourth-order valence-corrected chi connectivity index (χ4v) is 7.04. The van der Waals surface area contributed by atoms with Gasteiger partial charge in [0.2, 0.25) is 10.0 Å². The van der Waals surface area contributed by atoms with Crippen molar-refractivity contribution in [1.82, 2.24) is 20.4 Å². The molecule has 2 fully saturated rings. The molecule has 0 bridgehead atoms. The van der Waals surface area contributed by atoms with Crippen molar-refractivity contribution in [3.63, 3.8) is 0 Å². The van der Waals surface area contributed by atoms with Crippen LogP contribution in [0.2, 0.25) is 0 Å². The van der Waals surface area contributed by atoms with E-state index in [-0.39, 0.29) is 35.5 Å². The maximum atomic E-state index is 14.4. The van der Waals surface area contributed by atoms with E-state index in [9.17, 15) is 31.6 Å². The second-order valence-electron chi connectivity index (χ2n) is 11.7. The number of carbonyl (C=O) groups is 3. The average molecular weight is 677 g/mol. The summed E-state index contributed by atoms with van der Waals surface area (Å²) in [5.74, 6) is -3.21. The molecule has 3 aliphatic heterocycles. The van der Waals surface area contributed by atoms with Gasteiger partial charge >= 0.3 is 18.0 Å². The van der Waals surface area contributed by atoms with Crippen LogP contribution in [0.4, 0.5) is 29.7 Å². The maximum Gasteiger partial charge on any atom is 0.338 e. The molecular formula is C31H38F2N6O7S. The minimum atomic E-state index is -3.44. The van der Waals surface area contributed by atoms with E-state index in [1.54, 1.807) is 12.1 Å². The molecule has 2 atom stereocenters. The van der Waals surface area contributed by atoms with Crippen LogP contribution in [0.5, 0.6) is 0 Å². The number of nitrogens with zero attached hydrogens (tertiary/aromatic N) is 3. The summed E-state index contributed by atoms with van der Waals surface area (Å²) in [4.78, 5) is 45.3. The Balaban J connectivity index is 1.28. The molecule has 0 radical (unpaired) electrons. The summed E-state index contributed by atoms with van der Waals surface area (Å²) < 4.78 is 64.6. The van der Waals surface area contributed by atoms with Gasteiger partial charge in [0.25, 0.3) is 0 Å². The van der Waals surface area contributed by atoms with Gasteiger partial charge in [-0.1, -0.05) is 18.2 Å². The van der Waals surface area contributed by atoms with Gasteiger partial charge in [-0.05, 0) is 49.1 Å². The predicted molar refractivity (Wildman–Crippen MR) is 169 cm³/mol. The summed E-state index contributed by atoms with van der Waals surface area (Å²) in [6, 6.07) is 6.96. The number of anilines is 2. The van der Waals surface area contributed by atoms with Gasteiger partial charge in [0.1, 0.15) is 6.04 Å². The first kappa shape index (κ1) is 34.1. The summed E-state index contributed by atoms with van der Waals surface area (Å²) >= 11 is 0. The number of amides is 4. The topological polar surface area (TPSA) is 150 Å². The minimum Gasteiger partial charge on any atom is -0.466 e. The number of benzene rings is 2. The van der Waals surface area contributed by atoms with Crippen molar-refractivity contribution in [3.05, 3.63) is 70.9 Å². The number of urea groups is 2. The first-order chi connectivity index (χ1) is 22.4. The second-order valence-corrected chi connectivity index (χ2v) is 13.5. The van der Waals surface area contributed by atoms with E-state index in [0.29, 0.717) is 38.3 Å². The fraction of sp³-hybridized carbons (Fsp3) is 0.452. The Hall–Kier alpha value is -4.28. The van der Waals surface area contributed by atoms with Crippen molar-refractivity contribution < 1.29 is 41.1 Å². The standard InChI is InChI=1S/C31H38F2N6O7S/c1-45-18-25-27(29(40)46-2)28(19-8-9-22(32)23(33)16-19)39(31(42)35-25)30(41)34-20-10-13-38(17-20)21-11-14-37(15-12-21)26-7-5-4-6-24(26)36-47(3,43)44/h4-9,16,20-21,28,36H,10-15,17-18H2,1-3H3,(H,34,41)(H,35,42)/t20?,28-/m0/s1. The van der Waals surface area contributed by atoms with Crippen LogP contribution < -0.4 is 20.3 Å². The molecule has 0 saturated carbocycles. The highest BCUT2D eigenvalue weighted by Gasteiger charge is 2.44. The Kier molecular flexibility index (Phi) is 10.3. The van der Waals surface area contributed by atoms with Crippen molar-refractivity contribution in [3.8, 4) is 0 Å². The Morgan fingerprint density at radius 1 is 1.02 bits per heavy atom. The number of hydrogen-bond donors (Lipinski definition) is 3. The van der Waals surface area contributed by atoms with Crippen LogP contribution in [0.3, 0.4) is 0 Å². The lowest BCUT2D eigenvalue weighted by Gasteiger charge is -2.39. The number of hydrogen-bond acceptors (Lipinski definition) is 9. The molecule has 13 nitrogen and oxygen atoms in total. The molecule has 0 aliphatic carbocycles. The van der Waals surface area contributed by atoms with Gasteiger partial charge in [0, 0.05) is 45.4 Å². The molecule has 254 valence electrons. The second kappa shape index (κ2) is 14.2. The lowest BCUT2D eigenvalue weighted by atomic mass is 9.93. The quantitative estimate of drug-likeness (QED) is 0.341. The third kappa shape index (κ3) is 7.66. The first-order valence-electron chi connectivity index (χ1n) is 15.1. The maximum absolute atomic E-state index is 14.4. The lowest BCUT2D eigenvalue weighted by Crippen LogP contribution is -2.57. The first-order valence-corrected chi connectivity index (χ1v) is 17.0. The zero-order valence-corrected chi connectivity index (χ0v) is 27.1. The van der Waals surface area contributed by atoms with Crippen molar-refractivity contribution in [2.24, 2.45) is 0 Å². The zero-order valence-electron chi connectivity index (χ0n) is 26.3. The van der Waals surface area contributed by atoms with Crippen molar-refractivity contribution >= 4 is 39.4 Å². The predicted octanol–water partition coefficient (Wildman–Crippen LogP) is 2.93. The molecule has 47 heavy (non-hydrogen) atoms. The normalized spacial score (nSPS) is 21.1. The Bertz CT molecular complexity index is 1670. The van der Waals surface area contributed by atoms with Crippen molar-refractivity contribution in [1.29, 1.82) is 0 Å². The number of para-hydroxylation sites is 2. The number of rotatable bonds is 9. The summed E-state index contributed by atoms with van der Waals surface area (Å²) in [5.41, 5.74) is 1.23. The van der Waals surface area contributed by atoms with Crippen LogP contribution in [0.1, 0.15) is 30.9 Å². The van der Waals surface area contributed by atoms with Crippen LogP contribution in [0, 0.1) is 11.6 Å². The lowest BCUT2D eigenvalue weighted by molar-refractivity contribution is -0.137. The highest BCUT2D eigenvalue weighted by atomic mass is 32.2.